The number of carbonyl (C=O) groups is 3. The molecule has 188 valence electrons. The van der Waals surface area contributed by atoms with Crippen LogP contribution in [0.4, 0.5) is 4.79 Å². The van der Waals surface area contributed by atoms with E-state index in [1.807, 2.05) is 48.5 Å². The van der Waals surface area contributed by atoms with Crippen LogP contribution in [-0.4, -0.2) is 37.0 Å². The monoisotopic (exact) mass is 488 g/mol. The third kappa shape index (κ3) is 6.40. The highest BCUT2D eigenvalue weighted by Crippen LogP contribution is 2.28. The second-order valence-electron chi connectivity index (χ2n) is 9.21. The summed E-state index contributed by atoms with van der Waals surface area (Å²) in [4.78, 5) is 35.6. The Bertz CT molecular complexity index is 1230. The summed E-state index contributed by atoms with van der Waals surface area (Å²) in [7, 11) is 0. The molecule has 0 spiro atoms. The van der Waals surface area contributed by atoms with Gasteiger partial charge in [0.15, 0.2) is 0 Å². The molecule has 0 bridgehead atoms. The molecule has 1 atom stereocenters. The van der Waals surface area contributed by atoms with Gasteiger partial charge in [-0.1, -0.05) is 48.5 Å². The highest BCUT2D eigenvalue weighted by atomic mass is 16.5. The molecule has 1 aliphatic carbocycles. The standard InChI is InChI=1S/C28H32N4O4/c29-26(23-14-19-8-1-2-9-20(19)15-23)27(34)31-11-5-6-12-36-24-16-21-10-4-3-7-18(21)13-22(24)17-25(33)32-28(30)35/h1-4,7-10,13,16,23,26H,5-6,11-12,14-15,17,29H2,(H,31,34)(H3,30,32,33,35). The second kappa shape index (κ2) is 11.7. The van der Waals surface area contributed by atoms with E-state index in [0.29, 0.717) is 30.9 Å². The molecule has 1 unspecified atom stereocenters. The molecule has 0 aromatic heterocycles. The first kappa shape index (κ1) is 25.2. The maximum Gasteiger partial charge on any atom is 0.318 e. The van der Waals surface area contributed by atoms with E-state index >= 15 is 0 Å². The molecule has 0 fully saturated rings. The van der Waals surface area contributed by atoms with Crippen molar-refractivity contribution in [3.8, 4) is 5.75 Å². The maximum atomic E-state index is 12.5. The van der Waals surface area contributed by atoms with Gasteiger partial charge in [-0.15, -0.1) is 0 Å². The number of imide groups is 1. The number of unbranched alkanes of at least 4 members (excludes halogenated alkanes) is 1. The number of carbonyl (C=O) groups excluding carboxylic acids is 3. The zero-order valence-corrected chi connectivity index (χ0v) is 20.2. The molecule has 3 aromatic carbocycles. The molecule has 0 radical (unpaired) electrons. The molecular weight excluding hydrogens is 456 g/mol. The number of amides is 4. The van der Waals surface area contributed by atoms with E-state index in [1.165, 1.54) is 11.1 Å². The van der Waals surface area contributed by atoms with E-state index in [4.69, 9.17) is 16.2 Å². The van der Waals surface area contributed by atoms with Crippen LogP contribution < -0.4 is 26.8 Å². The van der Waals surface area contributed by atoms with E-state index in [2.05, 4.69) is 22.8 Å². The number of hydrogen-bond donors (Lipinski definition) is 4. The molecule has 36 heavy (non-hydrogen) atoms. The quantitative estimate of drug-likeness (QED) is 0.325. The largest absolute Gasteiger partial charge is 0.493 e. The van der Waals surface area contributed by atoms with Crippen LogP contribution in [0, 0.1) is 5.92 Å². The zero-order chi connectivity index (χ0) is 25.5. The van der Waals surface area contributed by atoms with Crippen LogP contribution in [0.25, 0.3) is 10.8 Å². The van der Waals surface area contributed by atoms with Gasteiger partial charge < -0.3 is 21.5 Å². The van der Waals surface area contributed by atoms with Crippen molar-refractivity contribution in [3.05, 3.63) is 77.4 Å². The fourth-order valence-electron chi connectivity index (χ4n) is 4.69. The van der Waals surface area contributed by atoms with Crippen LogP contribution in [0.5, 0.6) is 5.75 Å². The summed E-state index contributed by atoms with van der Waals surface area (Å²) in [5.41, 5.74) is 14.5. The Kier molecular flexibility index (Phi) is 8.17. The van der Waals surface area contributed by atoms with Gasteiger partial charge in [-0.2, -0.15) is 0 Å². The first-order valence-corrected chi connectivity index (χ1v) is 12.2. The van der Waals surface area contributed by atoms with Gasteiger partial charge in [0, 0.05) is 12.1 Å². The van der Waals surface area contributed by atoms with Crippen molar-refractivity contribution >= 4 is 28.6 Å². The van der Waals surface area contributed by atoms with Gasteiger partial charge in [0.1, 0.15) is 5.75 Å². The lowest BCUT2D eigenvalue weighted by atomic mass is 9.96. The van der Waals surface area contributed by atoms with Crippen molar-refractivity contribution in [2.45, 2.75) is 38.1 Å². The number of rotatable bonds is 10. The lowest BCUT2D eigenvalue weighted by Crippen LogP contribution is -2.46. The van der Waals surface area contributed by atoms with E-state index in [-0.39, 0.29) is 18.2 Å². The lowest BCUT2D eigenvalue weighted by Gasteiger charge is -2.18. The molecule has 4 amide bonds. The van der Waals surface area contributed by atoms with Gasteiger partial charge in [0.25, 0.3) is 0 Å². The van der Waals surface area contributed by atoms with Crippen LogP contribution >= 0.6 is 0 Å². The SMILES string of the molecule is NC(=O)NC(=O)Cc1cc2ccccc2cc1OCCCCNC(=O)C(N)C1Cc2ccccc2C1. The molecule has 8 nitrogen and oxygen atoms in total. The fourth-order valence-corrected chi connectivity index (χ4v) is 4.69. The van der Waals surface area contributed by atoms with Gasteiger partial charge in [-0.3, -0.25) is 14.9 Å². The normalized spacial score (nSPS) is 13.7. The van der Waals surface area contributed by atoms with Crippen LogP contribution in [-0.2, 0) is 28.9 Å². The number of primary amides is 1. The molecule has 6 N–H and O–H groups in total. The molecule has 0 saturated carbocycles. The lowest BCUT2D eigenvalue weighted by molar-refractivity contribution is -0.123. The summed E-state index contributed by atoms with van der Waals surface area (Å²) in [6.07, 6.45) is 3.09. The van der Waals surface area contributed by atoms with Crippen molar-refractivity contribution in [1.29, 1.82) is 0 Å². The molecule has 4 rings (SSSR count). The minimum absolute atomic E-state index is 0.0257. The molecule has 0 heterocycles. The Hall–Kier alpha value is -3.91. The summed E-state index contributed by atoms with van der Waals surface area (Å²) in [5.74, 6) is 0.0991. The van der Waals surface area contributed by atoms with Crippen LogP contribution in [0.3, 0.4) is 0 Å². The minimum Gasteiger partial charge on any atom is -0.493 e. The van der Waals surface area contributed by atoms with E-state index in [0.717, 1.165) is 30.0 Å². The first-order chi connectivity index (χ1) is 17.4. The summed E-state index contributed by atoms with van der Waals surface area (Å²) in [5, 5.41) is 6.99. The van der Waals surface area contributed by atoms with Gasteiger partial charge in [0.05, 0.1) is 19.1 Å². The second-order valence-corrected chi connectivity index (χ2v) is 9.21. The van der Waals surface area contributed by atoms with Crippen LogP contribution in [0.1, 0.15) is 29.5 Å². The molecule has 0 saturated heterocycles. The van der Waals surface area contributed by atoms with E-state index in [1.54, 1.807) is 0 Å². The Balaban J connectivity index is 1.24. The predicted molar refractivity (Wildman–Crippen MR) is 138 cm³/mol. The number of hydrogen-bond acceptors (Lipinski definition) is 5. The zero-order valence-electron chi connectivity index (χ0n) is 20.2. The number of fused-ring (bicyclic) bond motifs is 2. The van der Waals surface area contributed by atoms with Gasteiger partial charge >= 0.3 is 6.03 Å². The van der Waals surface area contributed by atoms with Crippen molar-refractivity contribution in [2.75, 3.05) is 13.2 Å². The van der Waals surface area contributed by atoms with Gasteiger partial charge in [-0.25, -0.2) is 4.79 Å². The fraction of sp³-hybridized carbons (Fsp3) is 0.321. The third-order valence-electron chi connectivity index (χ3n) is 6.56. The number of nitrogens with one attached hydrogen (secondary N) is 2. The number of benzene rings is 3. The highest BCUT2D eigenvalue weighted by molar-refractivity contribution is 5.95. The molecular formula is C28H32N4O4. The number of urea groups is 1. The van der Waals surface area contributed by atoms with Gasteiger partial charge in [-0.05, 0) is 65.6 Å². The summed E-state index contributed by atoms with van der Waals surface area (Å²) >= 11 is 0. The average molecular weight is 489 g/mol. The van der Waals surface area contributed by atoms with Crippen molar-refractivity contribution < 1.29 is 19.1 Å². The third-order valence-corrected chi connectivity index (χ3v) is 6.56. The number of ether oxygens (including phenoxy) is 1. The van der Waals surface area contributed by atoms with E-state index < -0.39 is 18.0 Å². The average Bonchev–Trinajstić information content (AvgIpc) is 3.29. The molecule has 8 heteroatoms. The summed E-state index contributed by atoms with van der Waals surface area (Å²) < 4.78 is 5.99. The molecule has 0 aliphatic heterocycles. The van der Waals surface area contributed by atoms with Crippen molar-refractivity contribution in [2.24, 2.45) is 17.4 Å². The maximum absolute atomic E-state index is 12.5. The summed E-state index contributed by atoms with van der Waals surface area (Å²) in [6.45, 7) is 0.934. The summed E-state index contributed by atoms with van der Waals surface area (Å²) in [6, 6.07) is 18.4. The minimum atomic E-state index is -0.887. The van der Waals surface area contributed by atoms with Crippen molar-refractivity contribution in [1.82, 2.24) is 10.6 Å². The predicted octanol–water partition coefficient (Wildman–Crippen LogP) is 2.59. The highest BCUT2D eigenvalue weighted by Gasteiger charge is 2.30. The first-order valence-electron chi connectivity index (χ1n) is 12.2. The topological polar surface area (TPSA) is 137 Å². The Morgan fingerprint density at radius 3 is 2.25 bits per heavy atom. The Morgan fingerprint density at radius 1 is 0.944 bits per heavy atom. The Labute approximate surface area is 210 Å². The van der Waals surface area contributed by atoms with Crippen molar-refractivity contribution in [3.63, 3.8) is 0 Å². The molecule has 1 aliphatic rings. The molecule has 3 aromatic rings. The van der Waals surface area contributed by atoms with Crippen LogP contribution in [0.2, 0.25) is 0 Å². The van der Waals surface area contributed by atoms with Gasteiger partial charge in [0.2, 0.25) is 11.8 Å². The van der Waals surface area contributed by atoms with E-state index in [9.17, 15) is 14.4 Å². The van der Waals surface area contributed by atoms with Crippen LogP contribution in [0.15, 0.2) is 60.7 Å². The smallest absolute Gasteiger partial charge is 0.318 e. The Morgan fingerprint density at radius 2 is 1.58 bits per heavy atom. The number of nitrogens with two attached hydrogens (primary N) is 2.